The maximum Gasteiger partial charge on any atom is -0.0354 e. The third kappa shape index (κ3) is 23.7. The highest BCUT2D eigenvalue weighted by atomic mass is 14.3. The smallest absolute Gasteiger partial charge is 0.0354 e. The van der Waals surface area contributed by atoms with Gasteiger partial charge in [0.1, 0.15) is 0 Å². The Morgan fingerprint density at radius 2 is 1.06 bits per heavy atom. The van der Waals surface area contributed by atoms with Crippen molar-refractivity contribution in [2.45, 2.75) is 93.9 Å². The molecule has 0 aromatic carbocycles. The fourth-order valence-electron chi connectivity index (χ4n) is 1.51. The SMILES string of the molecule is CC(C)(C)C.CC1(C)CCCCC1.CCC. The normalized spacial score (nSPS) is 18.8. The Hall–Kier alpha value is 0. The van der Waals surface area contributed by atoms with E-state index in [0.717, 1.165) is 0 Å². The van der Waals surface area contributed by atoms with E-state index in [9.17, 15) is 0 Å². The predicted molar refractivity (Wildman–Crippen MR) is 78.0 cm³/mol. The Balaban J connectivity index is 0. The lowest BCUT2D eigenvalue weighted by Crippen LogP contribution is -2.14. The average Bonchev–Trinajstić information content (AvgIpc) is 2.01. The molecular weight excluding hydrogens is 192 g/mol. The standard InChI is InChI=1S/C8H16.C5H12.C3H8/c1-8(2)6-4-3-5-7-8;1-5(2,3)4;1-3-2/h3-7H2,1-2H3;1-4H3;3H2,1-2H3. The molecule has 0 spiro atoms. The van der Waals surface area contributed by atoms with Crippen LogP contribution in [0, 0.1) is 10.8 Å². The first kappa shape index (κ1) is 18.4. The van der Waals surface area contributed by atoms with Gasteiger partial charge < -0.3 is 0 Å². The molecule has 0 bridgehead atoms. The van der Waals surface area contributed by atoms with Gasteiger partial charge in [-0.3, -0.25) is 0 Å². The Labute approximate surface area is 105 Å². The molecule has 0 aromatic rings. The Morgan fingerprint density at radius 1 is 0.812 bits per heavy atom. The molecule has 0 saturated heterocycles. The van der Waals surface area contributed by atoms with E-state index in [1.54, 1.807) is 0 Å². The minimum Gasteiger partial charge on any atom is -0.0656 e. The van der Waals surface area contributed by atoms with Crippen molar-refractivity contribution in [2.75, 3.05) is 0 Å². The Morgan fingerprint density at radius 3 is 1.19 bits per heavy atom. The van der Waals surface area contributed by atoms with Crippen LogP contribution in [-0.2, 0) is 0 Å². The van der Waals surface area contributed by atoms with E-state index in [2.05, 4.69) is 55.4 Å². The molecule has 0 heterocycles. The molecule has 0 aromatic heterocycles. The molecule has 1 saturated carbocycles. The van der Waals surface area contributed by atoms with Gasteiger partial charge >= 0.3 is 0 Å². The highest BCUT2D eigenvalue weighted by Gasteiger charge is 2.19. The molecular formula is C16H36. The quantitative estimate of drug-likeness (QED) is 0.447. The zero-order valence-electron chi connectivity index (χ0n) is 13.2. The molecule has 0 amide bonds. The van der Waals surface area contributed by atoms with Crippen molar-refractivity contribution in [3.8, 4) is 0 Å². The molecule has 1 aliphatic rings. The second kappa shape index (κ2) is 9.07. The van der Waals surface area contributed by atoms with E-state index in [0.29, 0.717) is 10.8 Å². The number of hydrogen-bond acceptors (Lipinski definition) is 0. The van der Waals surface area contributed by atoms with Crippen LogP contribution in [0.25, 0.3) is 0 Å². The fraction of sp³-hybridized carbons (Fsp3) is 1.00. The first-order chi connectivity index (χ1) is 7.12. The molecule has 0 atom stereocenters. The van der Waals surface area contributed by atoms with E-state index < -0.39 is 0 Å². The summed E-state index contributed by atoms with van der Waals surface area (Å²) in [5, 5.41) is 0. The van der Waals surface area contributed by atoms with Gasteiger partial charge in [-0.15, -0.1) is 0 Å². The van der Waals surface area contributed by atoms with E-state index in [1.165, 1.54) is 38.5 Å². The third-order valence-electron chi connectivity index (χ3n) is 2.21. The fourth-order valence-corrected chi connectivity index (χ4v) is 1.51. The average molecular weight is 228 g/mol. The van der Waals surface area contributed by atoms with Crippen LogP contribution in [0.15, 0.2) is 0 Å². The van der Waals surface area contributed by atoms with Crippen molar-refractivity contribution < 1.29 is 0 Å². The van der Waals surface area contributed by atoms with Crippen LogP contribution in [0.2, 0.25) is 0 Å². The maximum atomic E-state index is 2.38. The topological polar surface area (TPSA) is 0 Å². The van der Waals surface area contributed by atoms with Gasteiger partial charge in [-0.2, -0.15) is 0 Å². The van der Waals surface area contributed by atoms with Gasteiger partial charge in [-0.05, 0) is 23.7 Å². The van der Waals surface area contributed by atoms with Gasteiger partial charge in [-0.25, -0.2) is 0 Å². The summed E-state index contributed by atoms with van der Waals surface area (Å²) < 4.78 is 0. The first-order valence-corrected chi connectivity index (χ1v) is 7.12. The van der Waals surface area contributed by atoms with Crippen LogP contribution in [0.3, 0.4) is 0 Å². The highest BCUT2D eigenvalue weighted by molar-refractivity contribution is 4.72. The molecule has 1 fully saturated rings. The minimum absolute atomic E-state index is 0.500. The highest BCUT2D eigenvalue weighted by Crippen LogP contribution is 2.34. The Kier molecular flexibility index (Phi) is 10.4. The van der Waals surface area contributed by atoms with Gasteiger partial charge in [0.05, 0.1) is 0 Å². The summed E-state index contributed by atoms with van der Waals surface area (Å²) in [6.07, 6.45) is 8.56. The summed E-state index contributed by atoms with van der Waals surface area (Å²) in [5.41, 5.74) is 1.18. The van der Waals surface area contributed by atoms with Crippen LogP contribution in [-0.4, -0.2) is 0 Å². The van der Waals surface area contributed by atoms with Crippen LogP contribution in [0.1, 0.15) is 93.9 Å². The molecule has 0 heteroatoms. The monoisotopic (exact) mass is 228 g/mol. The van der Waals surface area contributed by atoms with Gasteiger partial charge in [0.2, 0.25) is 0 Å². The van der Waals surface area contributed by atoms with Crippen molar-refractivity contribution >= 4 is 0 Å². The first-order valence-electron chi connectivity index (χ1n) is 7.12. The lowest BCUT2D eigenvalue weighted by Gasteiger charge is -2.28. The molecule has 16 heavy (non-hydrogen) atoms. The lowest BCUT2D eigenvalue weighted by molar-refractivity contribution is 0.244. The summed E-state index contributed by atoms with van der Waals surface area (Å²) >= 11 is 0. The predicted octanol–water partition coefficient (Wildman–Crippen LogP) is 6.45. The summed E-state index contributed by atoms with van der Waals surface area (Å²) in [5.74, 6) is 0. The van der Waals surface area contributed by atoms with Gasteiger partial charge in [0.25, 0.3) is 0 Å². The van der Waals surface area contributed by atoms with Crippen LogP contribution >= 0.6 is 0 Å². The molecule has 1 rings (SSSR count). The van der Waals surface area contributed by atoms with Crippen molar-refractivity contribution in [3.05, 3.63) is 0 Å². The molecule has 0 N–H and O–H groups in total. The maximum absolute atomic E-state index is 2.38. The minimum atomic E-state index is 0.500. The van der Waals surface area contributed by atoms with Crippen LogP contribution in [0.4, 0.5) is 0 Å². The van der Waals surface area contributed by atoms with Crippen molar-refractivity contribution in [1.29, 1.82) is 0 Å². The lowest BCUT2D eigenvalue weighted by atomic mass is 9.78. The van der Waals surface area contributed by atoms with Crippen LogP contribution < -0.4 is 0 Å². The summed E-state index contributed by atoms with van der Waals surface area (Å²) in [4.78, 5) is 0. The van der Waals surface area contributed by atoms with Gasteiger partial charge in [0, 0.05) is 0 Å². The van der Waals surface area contributed by atoms with Gasteiger partial charge in [0.15, 0.2) is 0 Å². The van der Waals surface area contributed by atoms with E-state index in [1.807, 2.05) is 0 Å². The number of rotatable bonds is 0. The van der Waals surface area contributed by atoms with E-state index in [4.69, 9.17) is 0 Å². The largest absolute Gasteiger partial charge is 0.0656 e. The van der Waals surface area contributed by atoms with E-state index in [-0.39, 0.29) is 0 Å². The number of hydrogen-bond donors (Lipinski definition) is 0. The Bertz CT molecular complexity index is 123. The molecule has 0 unspecified atom stereocenters. The summed E-state index contributed by atoms with van der Waals surface area (Å²) in [7, 11) is 0. The van der Waals surface area contributed by atoms with Crippen molar-refractivity contribution in [2.24, 2.45) is 10.8 Å². The molecule has 100 valence electrons. The molecule has 0 aliphatic heterocycles. The second-order valence-electron chi connectivity index (χ2n) is 7.43. The third-order valence-corrected chi connectivity index (χ3v) is 2.21. The van der Waals surface area contributed by atoms with Crippen LogP contribution in [0.5, 0.6) is 0 Å². The summed E-state index contributed by atoms with van der Waals surface area (Å²) in [6.45, 7) is 17.8. The zero-order valence-corrected chi connectivity index (χ0v) is 13.2. The van der Waals surface area contributed by atoms with Crippen molar-refractivity contribution in [3.63, 3.8) is 0 Å². The molecule has 1 aliphatic carbocycles. The zero-order chi connectivity index (χ0) is 13.2. The van der Waals surface area contributed by atoms with Crippen molar-refractivity contribution in [1.82, 2.24) is 0 Å². The summed E-state index contributed by atoms with van der Waals surface area (Å²) in [6, 6.07) is 0. The molecule has 0 nitrogen and oxygen atoms in total. The van der Waals surface area contributed by atoms with E-state index >= 15 is 0 Å². The van der Waals surface area contributed by atoms with Gasteiger partial charge in [-0.1, -0.05) is 81.1 Å². The molecule has 0 radical (unpaired) electrons. The second-order valence-corrected chi connectivity index (χ2v) is 7.43.